The summed E-state index contributed by atoms with van der Waals surface area (Å²) in [5, 5.41) is 0. The molecule has 1 heterocycles. The molecule has 1 aromatic heterocycles. The number of likely N-dealkylation sites (N-methyl/N-ethyl adjacent to an activating group) is 1. The summed E-state index contributed by atoms with van der Waals surface area (Å²) in [5.74, 6) is 1.20. The molecule has 0 fully saturated rings. The molecule has 1 N–H and O–H groups in total. The Morgan fingerprint density at radius 3 is 2.83 bits per heavy atom. The Labute approximate surface area is 73.9 Å². The largest absolute Gasteiger partial charge is 0.357 e. The molecule has 66 valence electrons. The van der Waals surface area contributed by atoms with Crippen LogP contribution in [-0.2, 0) is 0 Å². The third-order valence-corrected chi connectivity index (χ3v) is 1.92. The molecular weight excluding hydrogens is 148 g/mol. The fourth-order valence-corrected chi connectivity index (χ4v) is 1.20. The number of H-pyrrole nitrogens is 1. The average Bonchev–Trinajstić information content (AvgIpc) is 2.47. The zero-order valence-corrected chi connectivity index (χ0v) is 7.96. The number of aromatic nitrogens is 1. The highest BCUT2D eigenvalue weighted by Crippen LogP contribution is 2.14. The number of nitrogens with zero attached hydrogens (tertiary/aromatic N) is 1. The number of allylic oxidation sites excluding steroid dienone is 1. The van der Waals surface area contributed by atoms with Crippen LogP contribution in [0.15, 0.2) is 24.4 Å². The topological polar surface area (TPSA) is 19.0 Å². The van der Waals surface area contributed by atoms with Crippen molar-refractivity contribution < 1.29 is 0 Å². The molecule has 0 aliphatic carbocycles. The maximum absolute atomic E-state index is 3.21. The molecule has 2 heteroatoms. The molecule has 0 saturated heterocycles. The summed E-state index contributed by atoms with van der Waals surface area (Å²) in [4.78, 5) is 5.40. The van der Waals surface area contributed by atoms with Crippen molar-refractivity contribution in [1.82, 2.24) is 4.98 Å². The molecule has 0 aliphatic heterocycles. The standard InChI is InChI=1S/C10H16N2/c1-4-5-8-12(3)10-9(2)6-7-11-10/h4-7,11H,8H2,1-3H3/b5-4+. The third kappa shape index (κ3) is 1.91. The van der Waals surface area contributed by atoms with Gasteiger partial charge in [-0.15, -0.1) is 0 Å². The Hall–Kier alpha value is -1.18. The van der Waals surface area contributed by atoms with E-state index in [1.54, 1.807) is 0 Å². The van der Waals surface area contributed by atoms with Crippen molar-refractivity contribution in [1.29, 1.82) is 0 Å². The highest BCUT2D eigenvalue weighted by molar-refractivity contribution is 5.46. The first-order valence-electron chi connectivity index (χ1n) is 4.22. The molecule has 0 spiro atoms. The maximum atomic E-state index is 3.21. The van der Waals surface area contributed by atoms with Crippen LogP contribution in [0.25, 0.3) is 0 Å². The highest BCUT2D eigenvalue weighted by Gasteiger charge is 2.01. The molecule has 0 amide bonds. The number of aromatic amines is 1. The van der Waals surface area contributed by atoms with Gasteiger partial charge in [0.25, 0.3) is 0 Å². The van der Waals surface area contributed by atoms with E-state index in [2.05, 4.69) is 42.1 Å². The van der Waals surface area contributed by atoms with Crippen molar-refractivity contribution in [3.05, 3.63) is 30.0 Å². The van der Waals surface area contributed by atoms with Crippen LogP contribution in [0.1, 0.15) is 12.5 Å². The van der Waals surface area contributed by atoms with E-state index in [0.29, 0.717) is 0 Å². The Morgan fingerprint density at radius 2 is 2.33 bits per heavy atom. The highest BCUT2D eigenvalue weighted by atomic mass is 15.2. The van der Waals surface area contributed by atoms with Gasteiger partial charge in [-0.3, -0.25) is 0 Å². The van der Waals surface area contributed by atoms with Crippen LogP contribution in [0.4, 0.5) is 5.82 Å². The molecule has 0 unspecified atom stereocenters. The van der Waals surface area contributed by atoms with Crippen molar-refractivity contribution in [2.24, 2.45) is 0 Å². The zero-order chi connectivity index (χ0) is 8.97. The van der Waals surface area contributed by atoms with Crippen LogP contribution in [0.3, 0.4) is 0 Å². The summed E-state index contributed by atoms with van der Waals surface area (Å²) < 4.78 is 0. The first-order valence-corrected chi connectivity index (χ1v) is 4.22. The molecule has 0 radical (unpaired) electrons. The van der Waals surface area contributed by atoms with Gasteiger partial charge in [-0.05, 0) is 25.5 Å². The maximum Gasteiger partial charge on any atom is 0.108 e. The summed E-state index contributed by atoms with van der Waals surface area (Å²) in [7, 11) is 2.08. The minimum Gasteiger partial charge on any atom is -0.357 e. The molecule has 0 aliphatic rings. The van der Waals surface area contributed by atoms with Crippen LogP contribution in [0.5, 0.6) is 0 Å². The van der Waals surface area contributed by atoms with E-state index in [1.807, 2.05) is 13.1 Å². The van der Waals surface area contributed by atoms with Crippen molar-refractivity contribution >= 4 is 5.82 Å². The second-order valence-corrected chi connectivity index (χ2v) is 2.96. The molecule has 0 aromatic carbocycles. The molecule has 0 saturated carbocycles. The van der Waals surface area contributed by atoms with E-state index in [0.717, 1.165) is 6.54 Å². The monoisotopic (exact) mass is 164 g/mol. The smallest absolute Gasteiger partial charge is 0.108 e. The normalized spacial score (nSPS) is 10.9. The minimum absolute atomic E-state index is 0.956. The van der Waals surface area contributed by atoms with Crippen LogP contribution >= 0.6 is 0 Å². The molecule has 0 atom stereocenters. The molecular formula is C10H16N2. The number of rotatable bonds is 3. The predicted octanol–water partition coefficient (Wildman–Crippen LogP) is 2.34. The first-order chi connectivity index (χ1) is 5.75. The quantitative estimate of drug-likeness (QED) is 0.679. The van der Waals surface area contributed by atoms with Gasteiger partial charge in [0.2, 0.25) is 0 Å². The fourth-order valence-electron chi connectivity index (χ4n) is 1.20. The molecule has 1 rings (SSSR count). The number of anilines is 1. The lowest BCUT2D eigenvalue weighted by Crippen LogP contribution is -2.17. The van der Waals surface area contributed by atoms with E-state index in [9.17, 15) is 0 Å². The summed E-state index contributed by atoms with van der Waals surface area (Å²) in [6.07, 6.45) is 6.17. The lowest BCUT2D eigenvalue weighted by Gasteiger charge is -2.16. The van der Waals surface area contributed by atoms with Crippen molar-refractivity contribution in [2.75, 3.05) is 18.5 Å². The molecule has 12 heavy (non-hydrogen) atoms. The van der Waals surface area contributed by atoms with Gasteiger partial charge in [0.15, 0.2) is 0 Å². The number of hydrogen-bond acceptors (Lipinski definition) is 1. The number of hydrogen-bond donors (Lipinski definition) is 1. The van der Waals surface area contributed by atoms with E-state index in [-0.39, 0.29) is 0 Å². The van der Waals surface area contributed by atoms with Crippen LogP contribution in [0.2, 0.25) is 0 Å². The Morgan fingerprint density at radius 1 is 1.58 bits per heavy atom. The second kappa shape index (κ2) is 4.00. The van der Waals surface area contributed by atoms with Crippen LogP contribution < -0.4 is 4.90 Å². The van der Waals surface area contributed by atoms with Crippen molar-refractivity contribution in [2.45, 2.75) is 13.8 Å². The van der Waals surface area contributed by atoms with E-state index < -0.39 is 0 Å². The summed E-state index contributed by atoms with van der Waals surface area (Å²) in [6.45, 7) is 5.10. The SMILES string of the molecule is C/C=C/CN(C)c1[nH]ccc1C. The zero-order valence-electron chi connectivity index (χ0n) is 7.96. The van der Waals surface area contributed by atoms with Gasteiger partial charge in [-0.25, -0.2) is 0 Å². The van der Waals surface area contributed by atoms with Gasteiger partial charge < -0.3 is 9.88 Å². The lowest BCUT2D eigenvalue weighted by atomic mass is 10.3. The summed E-state index contributed by atoms with van der Waals surface area (Å²) in [5.41, 5.74) is 1.29. The second-order valence-electron chi connectivity index (χ2n) is 2.96. The number of aryl methyl sites for hydroxylation is 1. The fraction of sp³-hybridized carbons (Fsp3) is 0.400. The van der Waals surface area contributed by atoms with Crippen LogP contribution in [-0.4, -0.2) is 18.6 Å². The van der Waals surface area contributed by atoms with Crippen molar-refractivity contribution in [3.8, 4) is 0 Å². The van der Waals surface area contributed by atoms with E-state index in [4.69, 9.17) is 0 Å². The third-order valence-electron chi connectivity index (χ3n) is 1.92. The minimum atomic E-state index is 0.956. The van der Waals surface area contributed by atoms with E-state index in [1.165, 1.54) is 11.4 Å². The van der Waals surface area contributed by atoms with Gasteiger partial charge in [0, 0.05) is 19.8 Å². The molecule has 2 nitrogen and oxygen atoms in total. The summed E-state index contributed by atoms with van der Waals surface area (Å²) >= 11 is 0. The van der Waals surface area contributed by atoms with Gasteiger partial charge in [0.1, 0.15) is 5.82 Å². The summed E-state index contributed by atoms with van der Waals surface area (Å²) in [6, 6.07) is 2.08. The van der Waals surface area contributed by atoms with Gasteiger partial charge in [-0.1, -0.05) is 12.2 Å². The van der Waals surface area contributed by atoms with Gasteiger partial charge in [0.05, 0.1) is 0 Å². The predicted molar refractivity (Wildman–Crippen MR) is 53.6 cm³/mol. The first kappa shape index (κ1) is 8.91. The van der Waals surface area contributed by atoms with Gasteiger partial charge in [-0.2, -0.15) is 0 Å². The molecule has 0 bridgehead atoms. The number of nitrogens with one attached hydrogen (secondary N) is 1. The Kier molecular flexibility index (Phi) is 2.97. The van der Waals surface area contributed by atoms with Gasteiger partial charge >= 0.3 is 0 Å². The average molecular weight is 164 g/mol. The van der Waals surface area contributed by atoms with Crippen LogP contribution in [0, 0.1) is 6.92 Å². The lowest BCUT2D eigenvalue weighted by molar-refractivity contribution is 0.992. The van der Waals surface area contributed by atoms with Crippen molar-refractivity contribution in [3.63, 3.8) is 0 Å². The van der Waals surface area contributed by atoms with E-state index >= 15 is 0 Å². The Balaban J connectivity index is 2.64. The Bertz CT molecular complexity index is 261. The molecule has 1 aromatic rings.